The molecular weight excluding hydrogens is 238 g/mol. The largest absolute Gasteiger partial charge is 0.480 e. The Morgan fingerprint density at radius 1 is 1.50 bits per heavy atom. The van der Waals surface area contributed by atoms with Crippen molar-refractivity contribution in [1.82, 2.24) is 4.90 Å². The van der Waals surface area contributed by atoms with Crippen LogP contribution in [0.25, 0.3) is 0 Å². The second-order valence-electron chi connectivity index (χ2n) is 4.72. The van der Waals surface area contributed by atoms with E-state index < -0.39 is 29.9 Å². The van der Waals surface area contributed by atoms with Gasteiger partial charge in [0, 0.05) is 5.92 Å². The first-order chi connectivity index (χ1) is 8.25. The molecule has 1 fully saturated rings. The minimum Gasteiger partial charge on any atom is -0.480 e. The van der Waals surface area contributed by atoms with Crippen molar-refractivity contribution in [3.05, 3.63) is 12.3 Å². The zero-order valence-corrected chi connectivity index (χ0v) is 10.7. The van der Waals surface area contributed by atoms with E-state index in [-0.39, 0.29) is 18.1 Å². The first kappa shape index (κ1) is 14.2. The van der Waals surface area contributed by atoms with Gasteiger partial charge in [-0.15, -0.1) is 0 Å². The van der Waals surface area contributed by atoms with Crippen molar-refractivity contribution in [3.8, 4) is 0 Å². The normalized spacial score (nSPS) is 23.3. The van der Waals surface area contributed by atoms with Gasteiger partial charge in [0.05, 0.1) is 5.76 Å². The summed E-state index contributed by atoms with van der Waals surface area (Å²) in [6.45, 7) is 8.47. The molecule has 0 unspecified atom stereocenters. The Labute approximate surface area is 105 Å². The van der Waals surface area contributed by atoms with E-state index >= 15 is 0 Å². The molecule has 0 aliphatic carbocycles. The molecule has 100 valence electrons. The second kappa shape index (κ2) is 5.20. The highest BCUT2D eigenvalue weighted by atomic mass is 16.6. The van der Waals surface area contributed by atoms with Gasteiger partial charge in [-0.25, -0.2) is 14.5 Å². The summed E-state index contributed by atoms with van der Waals surface area (Å²) < 4.78 is 4.72. The Hall–Kier alpha value is -1.85. The third kappa shape index (κ3) is 2.69. The molecule has 0 spiro atoms. The van der Waals surface area contributed by atoms with Crippen molar-refractivity contribution in [2.45, 2.75) is 33.2 Å². The Balaban J connectivity index is 2.98. The Bertz CT molecular complexity index is 401. The average molecular weight is 255 g/mol. The number of allylic oxidation sites excluding steroid dienone is 1. The minimum atomic E-state index is -1.20. The van der Waals surface area contributed by atoms with Crippen LogP contribution in [0.1, 0.15) is 27.2 Å². The molecule has 0 aromatic rings. The smallest absolute Gasteiger partial charge is 0.422 e. The fourth-order valence-electron chi connectivity index (χ4n) is 1.96. The number of carboxylic acids is 1. The standard InChI is InChI=1S/C12H17NO5/c1-6(2)8-5-9(11(15)16)13(10(8)14)12(17)18-7(3)4/h6,8-9H,3,5H2,1-2,4H3,(H,15,16)/t8-,9-/m0/s1. The number of carbonyl (C=O) groups is 3. The number of carbonyl (C=O) groups excluding carboxylic acids is 2. The predicted octanol–water partition coefficient (Wildman–Crippen LogP) is 1.61. The van der Waals surface area contributed by atoms with Crippen LogP contribution in [0.3, 0.4) is 0 Å². The van der Waals surface area contributed by atoms with E-state index in [4.69, 9.17) is 9.84 Å². The molecule has 6 heteroatoms. The highest BCUT2D eigenvalue weighted by Gasteiger charge is 2.48. The molecule has 2 atom stereocenters. The molecule has 0 radical (unpaired) electrons. The van der Waals surface area contributed by atoms with Crippen molar-refractivity contribution in [1.29, 1.82) is 0 Å². The number of likely N-dealkylation sites (tertiary alicyclic amines) is 1. The van der Waals surface area contributed by atoms with Crippen LogP contribution in [0, 0.1) is 11.8 Å². The summed E-state index contributed by atoms with van der Waals surface area (Å²) in [5, 5.41) is 9.06. The van der Waals surface area contributed by atoms with Crippen LogP contribution >= 0.6 is 0 Å². The number of carboxylic acid groups (broad SMARTS) is 1. The molecule has 0 saturated carbocycles. The topological polar surface area (TPSA) is 83.9 Å². The van der Waals surface area contributed by atoms with Gasteiger partial charge in [-0.3, -0.25) is 4.79 Å². The summed E-state index contributed by atoms with van der Waals surface area (Å²) in [6.07, 6.45) is -0.847. The molecule has 0 aromatic carbocycles. The van der Waals surface area contributed by atoms with Crippen LogP contribution in [0.4, 0.5) is 4.79 Å². The van der Waals surface area contributed by atoms with E-state index in [0.29, 0.717) is 4.90 Å². The number of aliphatic carboxylic acids is 1. The Morgan fingerprint density at radius 3 is 2.44 bits per heavy atom. The Kier molecular flexibility index (Phi) is 4.11. The lowest BCUT2D eigenvalue weighted by atomic mass is 9.93. The molecule has 1 aliphatic heterocycles. The highest BCUT2D eigenvalue weighted by Crippen LogP contribution is 2.31. The SMILES string of the molecule is C=C(C)OC(=O)N1C(=O)[C@H](C(C)C)C[C@H]1C(=O)O. The number of imide groups is 1. The number of ether oxygens (including phenoxy) is 1. The second-order valence-corrected chi connectivity index (χ2v) is 4.72. The maximum absolute atomic E-state index is 12.0. The van der Waals surface area contributed by atoms with E-state index in [1.54, 1.807) is 0 Å². The summed E-state index contributed by atoms with van der Waals surface area (Å²) in [5.74, 6) is -2.08. The van der Waals surface area contributed by atoms with Gasteiger partial charge in [-0.1, -0.05) is 20.4 Å². The van der Waals surface area contributed by atoms with Crippen molar-refractivity contribution < 1.29 is 24.2 Å². The third-order valence-corrected chi connectivity index (χ3v) is 2.89. The molecule has 18 heavy (non-hydrogen) atoms. The zero-order chi connectivity index (χ0) is 14.0. The maximum Gasteiger partial charge on any atom is 0.422 e. The monoisotopic (exact) mass is 255 g/mol. The van der Waals surface area contributed by atoms with Crippen molar-refractivity contribution in [2.75, 3.05) is 0 Å². The van der Waals surface area contributed by atoms with Gasteiger partial charge in [0.25, 0.3) is 0 Å². The first-order valence-corrected chi connectivity index (χ1v) is 5.69. The van der Waals surface area contributed by atoms with Crippen LogP contribution in [-0.2, 0) is 14.3 Å². The number of amides is 2. The van der Waals surface area contributed by atoms with Gasteiger partial charge >= 0.3 is 12.1 Å². The summed E-state index contributed by atoms with van der Waals surface area (Å²) in [6, 6.07) is -1.16. The van der Waals surface area contributed by atoms with Crippen molar-refractivity contribution >= 4 is 18.0 Å². The van der Waals surface area contributed by atoms with Gasteiger partial charge < -0.3 is 9.84 Å². The van der Waals surface area contributed by atoms with Crippen LogP contribution in [0.5, 0.6) is 0 Å². The summed E-state index contributed by atoms with van der Waals surface area (Å²) in [4.78, 5) is 35.5. The maximum atomic E-state index is 12.0. The van der Waals surface area contributed by atoms with Crippen LogP contribution in [0.2, 0.25) is 0 Å². The van der Waals surface area contributed by atoms with Crippen LogP contribution in [-0.4, -0.2) is 34.0 Å². The van der Waals surface area contributed by atoms with Crippen LogP contribution in [0.15, 0.2) is 12.3 Å². The average Bonchev–Trinajstić information content (AvgIpc) is 2.54. The molecule has 1 heterocycles. The number of rotatable bonds is 3. The molecule has 1 aliphatic rings. The Morgan fingerprint density at radius 2 is 2.06 bits per heavy atom. The zero-order valence-electron chi connectivity index (χ0n) is 10.7. The number of hydrogen-bond acceptors (Lipinski definition) is 4. The van der Waals surface area contributed by atoms with E-state index in [0.717, 1.165) is 0 Å². The van der Waals surface area contributed by atoms with Gasteiger partial charge in [0.2, 0.25) is 5.91 Å². The summed E-state index contributed by atoms with van der Waals surface area (Å²) in [7, 11) is 0. The molecule has 6 nitrogen and oxygen atoms in total. The number of nitrogens with zero attached hydrogens (tertiary/aromatic N) is 1. The quantitative estimate of drug-likeness (QED) is 0.774. The van der Waals surface area contributed by atoms with E-state index in [9.17, 15) is 14.4 Å². The summed E-state index contributed by atoms with van der Waals surface area (Å²) >= 11 is 0. The van der Waals surface area contributed by atoms with Crippen molar-refractivity contribution in [2.24, 2.45) is 11.8 Å². The fraction of sp³-hybridized carbons (Fsp3) is 0.583. The van der Waals surface area contributed by atoms with Gasteiger partial charge in [0.15, 0.2) is 0 Å². The molecule has 0 bridgehead atoms. The highest BCUT2D eigenvalue weighted by molar-refractivity contribution is 6.00. The lowest BCUT2D eigenvalue weighted by Gasteiger charge is -2.19. The van der Waals surface area contributed by atoms with Gasteiger partial charge in [0.1, 0.15) is 6.04 Å². The fourth-order valence-corrected chi connectivity index (χ4v) is 1.96. The predicted molar refractivity (Wildman–Crippen MR) is 62.5 cm³/mol. The lowest BCUT2D eigenvalue weighted by Crippen LogP contribution is -2.43. The molecule has 0 aromatic heterocycles. The first-order valence-electron chi connectivity index (χ1n) is 5.69. The third-order valence-electron chi connectivity index (χ3n) is 2.89. The molecular formula is C12H17NO5. The molecule has 2 amide bonds. The van der Waals surface area contributed by atoms with Gasteiger partial charge in [-0.05, 0) is 19.3 Å². The minimum absolute atomic E-state index is 0.0259. The molecule has 1 N–H and O–H groups in total. The molecule has 1 saturated heterocycles. The van der Waals surface area contributed by atoms with Crippen LogP contribution < -0.4 is 0 Å². The van der Waals surface area contributed by atoms with E-state index in [1.807, 2.05) is 13.8 Å². The van der Waals surface area contributed by atoms with E-state index in [2.05, 4.69) is 6.58 Å². The summed E-state index contributed by atoms with van der Waals surface area (Å²) in [5.41, 5.74) is 0. The lowest BCUT2D eigenvalue weighted by molar-refractivity contribution is -0.145. The van der Waals surface area contributed by atoms with Crippen molar-refractivity contribution in [3.63, 3.8) is 0 Å². The molecule has 1 rings (SSSR count). The van der Waals surface area contributed by atoms with Gasteiger partial charge in [-0.2, -0.15) is 0 Å². The number of hydrogen-bond donors (Lipinski definition) is 1. The van der Waals surface area contributed by atoms with E-state index in [1.165, 1.54) is 6.92 Å².